The molecule has 0 atom stereocenters. The van der Waals surface area contributed by atoms with Gasteiger partial charge in [0.05, 0.1) is 0 Å². The molecular formula is C18H20S. The van der Waals surface area contributed by atoms with Gasteiger partial charge in [-0.25, -0.2) is 0 Å². The van der Waals surface area contributed by atoms with E-state index in [1.54, 1.807) is 5.56 Å². The van der Waals surface area contributed by atoms with Crippen LogP contribution in [0.2, 0.25) is 0 Å². The maximum Gasteiger partial charge on any atom is 0.0121 e. The third kappa shape index (κ3) is 2.44. The van der Waals surface area contributed by atoms with E-state index < -0.39 is 0 Å². The molecule has 19 heavy (non-hydrogen) atoms. The fourth-order valence-corrected chi connectivity index (χ4v) is 3.42. The maximum atomic E-state index is 4.70. The van der Waals surface area contributed by atoms with Gasteiger partial charge in [0.1, 0.15) is 0 Å². The van der Waals surface area contributed by atoms with Gasteiger partial charge in [0.2, 0.25) is 0 Å². The summed E-state index contributed by atoms with van der Waals surface area (Å²) >= 11 is 4.70. The third-order valence-corrected chi connectivity index (χ3v) is 4.53. The molecule has 0 amide bonds. The van der Waals surface area contributed by atoms with Crippen LogP contribution in [-0.4, -0.2) is 0 Å². The lowest BCUT2D eigenvalue weighted by atomic mass is 9.86. The molecule has 0 fully saturated rings. The number of hydrogen-bond acceptors (Lipinski definition) is 1. The Morgan fingerprint density at radius 1 is 1.00 bits per heavy atom. The molecule has 0 N–H and O–H groups in total. The van der Waals surface area contributed by atoms with Crippen LogP contribution in [0.15, 0.2) is 41.3 Å². The van der Waals surface area contributed by atoms with Crippen LogP contribution in [0.4, 0.5) is 0 Å². The summed E-state index contributed by atoms with van der Waals surface area (Å²) in [6.07, 6.45) is 6.17. The molecule has 0 aliphatic heterocycles. The van der Waals surface area contributed by atoms with Gasteiger partial charge in [0, 0.05) is 4.90 Å². The lowest BCUT2D eigenvalue weighted by molar-refractivity contribution is 0.687. The van der Waals surface area contributed by atoms with Crippen molar-refractivity contribution >= 4 is 12.6 Å². The lowest BCUT2D eigenvalue weighted by Gasteiger charge is -2.20. The van der Waals surface area contributed by atoms with Crippen LogP contribution < -0.4 is 0 Å². The summed E-state index contributed by atoms with van der Waals surface area (Å²) in [5.41, 5.74) is 7.13. The Balaban J connectivity index is 2.12. The van der Waals surface area contributed by atoms with Gasteiger partial charge in [-0.15, -0.1) is 12.6 Å². The largest absolute Gasteiger partial charge is 0.143 e. The molecule has 0 spiro atoms. The second-order valence-corrected chi connectivity index (χ2v) is 5.84. The molecule has 0 saturated heterocycles. The summed E-state index contributed by atoms with van der Waals surface area (Å²) in [6.45, 7) is 2.19. The van der Waals surface area contributed by atoms with Gasteiger partial charge in [-0.2, -0.15) is 0 Å². The van der Waals surface area contributed by atoms with E-state index in [1.165, 1.54) is 47.9 Å². The zero-order valence-electron chi connectivity index (χ0n) is 11.4. The average Bonchev–Trinajstić information content (AvgIpc) is 2.46. The van der Waals surface area contributed by atoms with Crippen molar-refractivity contribution in [2.75, 3.05) is 0 Å². The monoisotopic (exact) mass is 268 g/mol. The zero-order chi connectivity index (χ0) is 13.2. The second-order valence-electron chi connectivity index (χ2n) is 5.36. The second kappa shape index (κ2) is 5.42. The molecule has 0 radical (unpaired) electrons. The fourth-order valence-electron chi connectivity index (χ4n) is 3.06. The molecule has 3 rings (SSSR count). The predicted molar refractivity (Wildman–Crippen MR) is 85.2 cm³/mol. The van der Waals surface area contributed by atoms with Gasteiger partial charge in [-0.05, 0) is 66.0 Å². The number of fused-ring (bicyclic) bond motifs is 1. The number of rotatable bonds is 2. The first-order valence-corrected chi connectivity index (χ1v) is 7.67. The zero-order valence-corrected chi connectivity index (χ0v) is 12.3. The van der Waals surface area contributed by atoms with Gasteiger partial charge in [0.25, 0.3) is 0 Å². The van der Waals surface area contributed by atoms with Crippen molar-refractivity contribution in [2.45, 2.75) is 43.9 Å². The Hall–Kier alpha value is -1.21. The number of benzene rings is 2. The normalized spacial score (nSPS) is 14.2. The Kier molecular flexibility index (Phi) is 3.65. The summed E-state index contributed by atoms with van der Waals surface area (Å²) in [4.78, 5) is 1.11. The van der Waals surface area contributed by atoms with E-state index in [9.17, 15) is 0 Å². The van der Waals surface area contributed by atoms with Crippen molar-refractivity contribution in [3.63, 3.8) is 0 Å². The Morgan fingerprint density at radius 2 is 1.84 bits per heavy atom. The van der Waals surface area contributed by atoms with Crippen LogP contribution in [0, 0.1) is 0 Å². The molecule has 2 aromatic rings. The molecule has 0 nitrogen and oxygen atoms in total. The minimum atomic E-state index is 1.07. The molecule has 0 heterocycles. The van der Waals surface area contributed by atoms with Crippen LogP contribution in [0.25, 0.3) is 11.1 Å². The fraction of sp³-hybridized carbons (Fsp3) is 0.333. The lowest BCUT2D eigenvalue weighted by Crippen LogP contribution is -2.04. The predicted octanol–water partition coefficient (Wildman–Crippen LogP) is 5.08. The highest BCUT2D eigenvalue weighted by molar-refractivity contribution is 7.80. The molecule has 0 unspecified atom stereocenters. The van der Waals surface area contributed by atoms with E-state index >= 15 is 0 Å². The first-order chi connectivity index (χ1) is 9.29. The Bertz CT molecular complexity index is 599. The van der Waals surface area contributed by atoms with Crippen molar-refractivity contribution in [3.8, 4) is 11.1 Å². The van der Waals surface area contributed by atoms with E-state index in [-0.39, 0.29) is 0 Å². The van der Waals surface area contributed by atoms with Crippen molar-refractivity contribution in [2.24, 2.45) is 0 Å². The van der Waals surface area contributed by atoms with Crippen molar-refractivity contribution in [1.29, 1.82) is 0 Å². The van der Waals surface area contributed by atoms with Gasteiger partial charge in [0.15, 0.2) is 0 Å². The van der Waals surface area contributed by atoms with Gasteiger partial charge < -0.3 is 0 Å². The molecule has 0 aromatic heterocycles. The van der Waals surface area contributed by atoms with Crippen LogP contribution in [0.1, 0.15) is 36.5 Å². The highest BCUT2D eigenvalue weighted by Gasteiger charge is 2.15. The third-order valence-electron chi connectivity index (χ3n) is 4.16. The van der Waals surface area contributed by atoms with Gasteiger partial charge in [-0.3, -0.25) is 0 Å². The molecule has 1 aliphatic carbocycles. The Labute approximate surface area is 121 Å². The molecule has 0 saturated carbocycles. The summed E-state index contributed by atoms with van der Waals surface area (Å²) in [5, 5.41) is 0. The highest BCUT2D eigenvalue weighted by Crippen LogP contribution is 2.35. The molecule has 98 valence electrons. The van der Waals surface area contributed by atoms with Crippen LogP contribution in [0.3, 0.4) is 0 Å². The maximum absolute atomic E-state index is 4.70. The van der Waals surface area contributed by atoms with Gasteiger partial charge >= 0.3 is 0 Å². The van der Waals surface area contributed by atoms with Gasteiger partial charge in [-0.1, -0.05) is 37.3 Å². The molecule has 1 heteroatoms. The van der Waals surface area contributed by atoms with E-state index in [2.05, 4.69) is 43.3 Å². The van der Waals surface area contributed by atoms with Crippen LogP contribution >= 0.6 is 12.6 Å². The quantitative estimate of drug-likeness (QED) is 0.721. The van der Waals surface area contributed by atoms with E-state index in [1.807, 2.05) is 0 Å². The van der Waals surface area contributed by atoms with Crippen molar-refractivity contribution in [1.82, 2.24) is 0 Å². The first kappa shape index (κ1) is 12.8. The van der Waals surface area contributed by atoms with E-state index in [0.717, 1.165) is 11.3 Å². The van der Waals surface area contributed by atoms with E-state index in [0.29, 0.717) is 0 Å². The first-order valence-electron chi connectivity index (χ1n) is 7.22. The average molecular weight is 268 g/mol. The number of aryl methyl sites for hydroxylation is 2. The van der Waals surface area contributed by atoms with Crippen LogP contribution in [0.5, 0.6) is 0 Å². The smallest absolute Gasteiger partial charge is 0.0121 e. The van der Waals surface area contributed by atoms with E-state index in [4.69, 9.17) is 12.6 Å². The number of thiol groups is 1. The highest BCUT2D eigenvalue weighted by atomic mass is 32.1. The Morgan fingerprint density at radius 3 is 2.63 bits per heavy atom. The molecule has 1 aliphatic rings. The summed E-state index contributed by atoms with van der Waals surface area (Å²) in [6, 6.07) is 13.4. The number of hydrogen-bond donors (Lipinski definition) is 1. The molecule has 2 aromatic carbocycles. The SMILES string of the molecule is CCc1ccc(-c2cccc3c2CCCC3)c(S)c1. The molecular weight excluding hydrogens is 248 g/mol. The summed E-state index contributed by atoms with van der Waals surface area (Å²) in [7, 11) is 0. The van der Waals surface area contributed by atoms with Crippen LogP contribution in [-0.2, 0) is 19.3 Å². The van der Waals surface area contributed by atoms with Crippen molar-refractivity contribution in [3.05, 3.63) is 53.1 Å². The minimum absolute atomic E-state index is 1.07. The summed E-state index contributed by atoms with van der Waals surface area (Å²) < 4.78 is 0. The topological polar surface area (TPSA) is 0 Å². The standard InChI is InChI=1S/C18H20S/c1-2-13-10-11-17(18(19)12-13)16-9-5-7-14-6-3-4-8-15(14)16/h5,7,9-12,19H,2-4,6,8H2,1H3. The van der Waals surface area contributed by atoms with Crippen molar-refractivity contribution < 1.29 is 0 Å². The minimum Gasteiger partial charge on any atom is -0.143 e. The molecule has 0 bridgehead atoms. The summed E-state index contributed by atoms with van der Waals surface area (Å²) in [5.74, 6) is 0.